The molecule has 162 valence electrons. The minimum absolute atomic E-state index is 0.113. The van der Waals surface area contributed by atoms with Crippen molar-refractivity contribution in [3.63, 3.8) is 0 Å². The number of thioether (sulfide) groups is 1. The summed E-state index contributed by atoms with van der Waals surface area (Å²) >= 11 is 1.43. The lowest BCUT2D eigenvalue weighted by molar-refractivity contribution is -0.132. The number of piperidine rings is 1. The predicted octanol–water partition coefficient (Wildman–Crippen LogP) is 4.15. The zero-order valence-electron chi connectivity index (χ0n) is 17.4. The Morgan fingerprint density at radius 2 is 2.03 bits per heavy atom. The van der Waals surface area contributed by atoms with Gasteiger partial charge in [-0.25, -0.2) is 4.39 Å². The normalized spacial score (nSPS) is 21.9. The maximum atomic E-state index is 13.4. The van der Waals surface area contributed by atoms with Gasteiger partial charge in [0, 0.05) is 24.8 Å². The number of aromatic nitrogens is 3. The summed E-state index contributed by atoms with van der Waals surface area (Å²) in [5, 5.41) is 9.45. The van der Waals surface area contributed by atoms with E-state index in [0.29, 0.717) is 29.3 Å². The van der Waals surface area contributed by atoms with Gasteiger partial charge in [-0.05, 0) is 62.8 Å². The van der Waals surface area contributed by atoms with Crippen molar-refractivity contribution in [2.75, 3.05) is 18.9 Å². The fraction of sp³-hybridized carbons (Fsp3) is 0.591. The van der Waals surface area contributed by atoms with Crippen LogP contribution in [0.3, 0.4) is 0 Å². The van der Waals surface area contributed by atoms with Gasteiger partial charge in [-0.2, -0.15) is 0 Å². The highest BCUT2D eigenvalue weighted by Gasteiger charge is 2.27. The number of likely N-dealkylation sites (tertiary alicyclic amines) is 1. The topological polar surface area (TPSA) is 60.2 Å². The van der Waals surface area contributed by atoms with Crippen molar-refractivity contribution >= 4 is 17.7 Å². The quantitative estimate of drug-likeness (QED) is 0.615. The molecule has 6 nitrogen and oxygen atoms in total. The highest BCUT2D eigenvalue weighted by molar-refractivity contribution is 7.99. The number of hydrogen-bond donors (Lipinski definition) is 0. The number of hydrogen-bond acceptors (Lipinski definition) is 5. The largest absolute Gasteiger partial charge is 0.376 e. The van der Waals surface area contributed by atoms with Crippen LogP contribution in [-0.4, -0.2) is 56.6 Å². The van der Waals surface area contributed by atoms with Gasteiger partial charge in [-0.3, -0.25) is 9.36 Å². The van der Waals surface area contributed by atoms with E-state index >= 15 is 0 Å². The summed E-state index contributed by atoms with van der Waals surface area (Å²) in [6, 6.07) is 6.64. The third-order valence-corrected chi connectivity index (χ3v) is 6.92. The number of carbonyl (C=O) groups excluding carboxylic acids is 1. The molecule has 2 aliphatic heterocycles. The van der Waals surface area contributed by atoms with Gasteiger partial charge >= 0.3 is 0 Å². The van der Waals surface area contributed by atoms with Crippen molar-refractivity contribution in [2.24, 2.45) is 0 Å². The smallest absolute Gasteiger partial charge is 0.233 e. The van der Waals surface area contributed by atoms with Gasteiger partial charge in [0.25, 0.3) is 0 Å². The molecule has 1 aromatic carbocycles. The molecular formula is C22H29FN4O2S. The van der Waals surface area contributed by atoms with Gasteiger partial charge in [0.1, 0.15) is 5.82 Å². The number of halogens is 1. The highest BCUT2D eigenvalue weighted by atomic mass is 32.2. The third kappa shape index (κ3) is 4.86. The average molecular weight is 433 g/mol. The Morgan fingerprint density at radius 3 is 2.77 bits per heavy atom. The van der Waals surface area contributed by atoms with Gasteiger partial charge in [-0.1, -0.05) is 18.7 Å². The summed E-state index contributed by atoms with van der Waals surface area (Å²) in [6.07, 6.45) is 6.53. The maximum absolute atomic E-state index is 13.4. The monoisotopic (exact) mass is 432 g/mol. The summed E-state index contributed by atoms with van der Waals surface area (Å²) in [5.74, 6) is 0.923. The van der Waals surface area contributed by atoms with Gasteiger partial charge in [0.2, 0.25) is 5.91 Å². The molecule has 1 aromatic heterocycles. The molecular weight excluding hydrogens is 403 g/mol. The second-order valence-corrected chi connectivity index (χ2v) is 8.93. The van der Waals surface area contributed by atoms with E-state index < -0.39 is 0 Å². The van der Waals surface area contributed by atoms with E-state index in [1.807, 2.05) is 9.47 Å². The van der Waals surface area contributed by atoms with Crippen molar-refractivity contribution in [3.8, 4) is 11.4 Å². The van der Waals surface area contributed by atoms with Crippen LogP contribution < -0.4 is 0 Å². The zero-order valence-corrected chi connectivity index (χ0v) is 18.2. The SMILES string of the molecule is CCC1CCCCN1C(=O)CSc1nnc(-c2ccc(F)cc2)n1CC1CCCO1. The summed E-state index contributed by atoms with van der Waals surface area (Å²) in [4.78, 5) is 14.9. The molecule has 0 radical (unpaired) electrons. The van der Waals surface area contributed by atoms with Gasteiger partial charge in [-0.15, -0.1) is 10.2 Å². The van der Waals surface area contributed by atoms with Gasteiger partial charge in [0.15, 0.2) is 11.0 Å². The number of nitrogens with zero attached hydrogens (tertiary/aromatic N) is 4. The van der Waals surface area contributed by atoms with Crippen LogP contribution in [0.2, 0.25) is 0 Å². The lowest BCUT2D eigenvalue weighted by Crippen LogP contribution is -2.44. The summed E-state index contributed by atoms with van der Waals surface area (Å²) in [6.45, 7) is 4.41. The molecule has 3 heterocycles. The van der Waals surface area contributed by atoms with E-state index in [1.165, 1.54) is 30.3 Å². The summed E-state index contributed by atoms with van der Waals surface area (Å²) < 4.78 is 21.2. The molecule has 2 fully saturated rings. The molecule has 2 aliphatic rings. The third-order valence-electron chi connectivity index (χ3n) is 5.97. The van der Waals surface area contributed by atoms with Crippen LogP contribution in [-0.2, 0) is 16.1 Å². The molecule has 2 saturated heterocycles. The molecule has 2 aromatic rings. The summed E-state index contributed by atoms with van der Waals surface area (Å²) in [5.41, 5.74) is 0.808. The standard InChI is InChI=1S/C22H29FN4O2S/c1-2-18-6-3-4-12-26(18)20(28)15-30-22-25-24-21(16-8-10-17(23)11-9-16)27(22)14-19-7-5-13-29-19/h8-11,18-19H,2-7,12-15H2,1H3. The molecule has 0 N–H and O–H groups in total. The van der Waals surface area contributed by atoms with E-state index in [1.54, 1.807) is 12.1 Å². The van der Waals surface area contributed by atoms with Crippen molar-refractivity contribution in [3.05, 3.63) is 30.1 Å². The lowest BCUT2D eigenvalue weighted by atomic mass is 10.0. The fourth-order valence-corrected chi connectivity index (χ4v) is 5.16. The predicted molar refractivity (Wildman–Crippen MR) is 115 cm³/mol. The van der Waals surface area contributed by atoms with Crippen LogP contribution in [0.1, 0.15) is 45.4 Å². The number of benzene rings is 1. The van der Waals surface area contributed by atoms with Crippen molar-refractivity contribution in [1.82, 2.24) is 19.7 Å². The minimum atomic E-state index is -0.281. The Balaban J connectivity index is 1.51. The molecule has 2 atom stereocenters. The van der Waals surface area contributed by atoms with Gasteiger partial charge < -0.3 is 9.64 Å². The Bertz CT molecular complexity index is 851. The van der Waals surface area contributed by atoms with Crippen LogP contribution in [0.25, 0.3) is 11.4 Å². The number of ether oxygens (including phenoxy) is 1. The molecule has 8 heteroatoms. The Kier molecular flexibility index (Phi) is 7.04. The molecule has 0 spiro atoms. The van der Waals surface area contributed by atoms with Crippen LogP contribution in [0, 0.1) is 5.82 Å². The number of carbonyl (C=O) groups is 1. The zero-order chi connectivity index (χ0) is 20.9. The molecule has 4 rings (SSSR count). The van der Waals surface area contributed by atoms with Crippen LogP contribution in [0.15, 0.2) is 29.4 Å². The van der Waals surface area contributed by atoms with Gasteiger partial charge in [0.05, 0.1) is 18.4 Å². The van der Waals surface area contributed by atoms with E-state index in [-0.39, 0.29) is 17.8 Å². The molecule has 0 aliphatic carbocycles. The molecule has 0 saturated carbocycles. The fourth-order valence-electron chi connectivity index (χ4n) is 4.33. The average Bonchev–Trinajstić information content (AvgIpc) is 3.43. The molecule has 0 bridgehead atoms. The van der Waals surface area contributed by atoms with E-state index in [4.69, 9.17) is 4.74 Å². The van der Waals surface area contributed by atoms with E-state index in [9.17, 15) is 9.18 Å². The molecule has 2 unspecified atom stereocenters. The van der Waals surface area contributed by atoms with Crippen LogP contribution >= 0.6 is 11.8 Å². The van der Waals surface area contributed by atoms with Crippen molar-refractivity contribution < 1.29 is 13.9 Å². The minimum Gasteiger partial charge on any atom is -0.376 e. The highest BCUT2D eigenvalue weighted by Crippen LogP contribution is 2.28. The van der Waals surface area contributed by atoms with E-state index in [2.05, 4.69) is 17.1 Å². The first kappa shape index (κ1) is 21.3. The van der Waals surface area contributed by atoms with Crippen molar-refractivity contribution in [1.29, 1.82) is 0 Å². The molecule has 30 heavy (non-hydrogen) atoms. The van der Waals surface area contributed by atoms with Crippen LogP contribution in [0.4, 0.5) is 4.39 Å². The molecule has 1 amide bonds. The Morgan fingerprint density at radius 1 is 1.20 bits per heavy atom. The Labute approximate surface area is 181 Å². The second kappa shape index (κ2) is 9.92. The summed E-state index contributed by atoms with van der Waals surface area (Å²) in [7, 11) is 0. The van der Waals surface area contributed by atoms with Crippen molar-refractivity contribution in [2.45, 2.75) is 69.3 Å². The number of rotatable bonds is 7. The second-order valence-electron chi connectivity index (χ2n) is 7.99. The first-order chi connectivity index (χ1) is 14.7. The number of amides is 1. The Hall–Kier alpha value is -1.93. The first-order valence-corrected chi connectivity index (χ1v) is 11.9. The van der Waals surface area contributed by atoms with Crippen LogP contribution in [0.5, 0.6) is 0 Å². The first-order valence-electron chi connectivity index (χ1n) is 10.9. The maximum Gasteiger partial charge on any atom is 0.233 e. The lowest BCUT2D eigenvalue weighted by Gasteiger charge is -2.35. The van der Waals surface area contributed by atoms with E-state index in [0.717, 1.165) is 50.8 Å².